The monoisotopic (exact) mass is 316 g/mol. The van der Waals surface area contributed by atoms with E-state index in [1.54, 1.807) is 12.1 Å². The van der Waals surface area contributed by atoms with Gasteiger partial charge in [-0.05, 0) is 42.3 Å². The highest BCUT2D eigenvalue weighted by Crippen LogP contribution is 2.30. The van der Waals surface area contributed by atoms with Gasteiger partial charge in [-0.15, -0.1) is 0 Å². The van der Waals surface area contributed by atoms with Crippen molar-refractivity contribution in [2.24, 2.45) is 0 Å². The Morgan fingerprint density at radius 2 is 1.91 bits per heavy atom. The van der Waals surface area contributed by atoms with Crippen LogP contribution in [0.25, 0.3) is 0 Å². The summed E-state index contributed by atoms with van der Waals surface area (Å²) in [6.07, 6.45) is 0.660. The van der Waals surface area contributed by atoms with Crippen molar-refractivity contribution in [2.75, 3.05) is 25.1 Å². The number of carbonyl (C=O) groups is 1. The number of halogens is 1. The van der Waals surface area contributed by atoms with E-state index in [1.807, 2.05) is 18.2 Å². The molecule has 23 heavy (non-hydrogen) atoms. The van der Waals surface area contributed by atoms with Gasteiger partial charge in [0, 0.05) is 12.2 Å². The number of nitrogens with one attached hydrogen (secondary N) is 2. The van der Waals surface area contributed by atoms with Crippen LogP contribution in [0.5, 0.6) is 11.5 Å². The van der Waals surface area contributed by atoms with Gasteiger partial charge in [0.25, 0.3) is 0 Å². The molecule has 1 aliphatic heterocycles. The number of hydrogen-bond donors (Lipinski definition) is 2. The maximum absolute atomic E-state index is 13.0. The summed E-state index contributed by atoms with van der Waals surface area (Å²) in [4.78, 5) is 11.8. The highest BCUT2D eigenvalue weighted by Gasteiger charge is 2.11. The van der Waals surface area contributed by atoms with Gasteiger partial charge in [-0.3, -0.25) is 0 Å². The number of rotatable bonds is 4. The number of carbonyl (C=O) groups excluding carboxylic acids is 1. The van der Waals surface area contributed by atoms with Gasteiger partial charge >= 0.3 is 6.03 Å². The molecule has 0 saturated carbocycles. The third-order valence-electron chi connectivity index (χ3n) is 3.39. The Kier molecular flexibility index (Phi) is 4.61. The summed E-state index contributed by atoms with van der Waals surface area (Å²) in [6.45, 7) is 1.57. The summed E-state index contributed by atoms with van der Waals surface area (Å²) in [6, 6.07) is 11.1. The molecular weight excluding hydrogens is 299 g/mol. The first-order valence-corrected chi connectivity index (χ1v) is 7.40. The van der Waals surface area contributed by atoms with E-state index < -0.39 is 0 Å². The van der Waals surface area contributed by atoms with Crippen LogP contribution in [-0.2, 0) is 6.42 Å². The second-order valence-electron chi connectivity index (χ2n) is 5.12. The van der Waals surface area contributed by atoms with Crippen molar-refractivity contribution < 1.29 is 18.7 Å². The Morgan fingerprint density at radius 3 is 2.74 bits per heavy atom. The van der Waals surface area contributed by atoms with E-state index in [-0.39, 0.29) is 11.8 Å². The number of hydrogen-bond acceptors (Lipinski definition) is 3. The zero-order valence-electron chi connectivity index (χ0n) is 12.5. The molecule has 0 atom stereocenters. The fraction of sp³-hybridized carbons (Fsp3) is 0.235. The molecule has 1 aliphatic rings. The first-order valence-electron chi connectivity index (χ1n) is 7.40. The van der Waals surface area contributed by atoms with Crippen LogP contribution in [0.1, 0.15) is 5.56 Å². The Bertz CT molecular complexity index is 706. The Hall–Kier alpha value is -2.76. The minimum atomic E-state index is -0.390. The van der Waals surface area contributed by atoms with Gasteiger partial charge in [0.2, 0.25) is 0 Å². The quantitative estimate of drug-likeness (QED) is 0.912. The Morgan fingerprint density at radius 1 is 1.09 bits per heavy atom. The van der Waals surface area contributed by atoms with Crippen molar-refractivity contribution in [3.8, 4) is 11.5 Å². The highest BCUT2D eigenvalue weighted by atomic mass is 19.1. The van der Waals surface area contributed by atoms with Crippen LogP contribution >= 0.6 is 0 Å². The van der Waals surface area contributed by atoms with Crippen LogP contribution in [-0.4, -0.2) is 25.8 Å². The number of ether oxygens (including phenoxy) is 2. The number of benzene rings is 2. The summed E-state index contributed by atoms with van der Waals surface area (Å²) < 4.78 is 24.0. The number of fused-ring (bicyclic) bond motifs is 1. The molecule has 0 spiro atoms. The lowest BCUT2D eigenvalue weighted by Gasteiger charge is -2.18. The van der Waals surface area contributed by atoms with E-state index in [9.17, 15) is 9.18 Å². The van der Waals surface area contributed by atoms with E-state index in [1.165, 1.54) is 12.1 Å². The molecule has 0 radical (unpaired) electrons. The molecular formula is C17H17FN2O3. The summed E-state index contributed by atoms with van der Waals surface area (Å²) in [5.41, 5.74) is 1.46. The molecule has 0 saturated heterocycles. The lowest BCUT2D eigenvalue weighted by molar-refractivity contribution is 0.171. The van der Waals surface area contributed by atoms with E-state index in [4.69, 9.17) is 9.47 Å². The maximum Gasteiger partial charge on any atom is 0.319 e. The summed E-state index contributed by atoms with van der Waals surface area (Å²) in [5.74, 6) is 1.09. The third kappa shape index (κ3) is 4.12. The molecule has 6 heteroatoms. The fourth-order valence-corrected chi connectivity index (χ4v) is 2.31. The van der Waals surface area contributed by atoms with Crippen molar-refractivity contribution in [2.45, 2.75) is 6.42 Å². The van der Waals surface area contributed by atoms with Gasteiger partial charge in [-0.2, -0.15) is 0 Å². The van der Waals surface area contributed by atoms with Crippen molar-refractivity contribution >= 4 is 11.7 Å². The standard InChI is InChI=1S/C17H17FN2O3/c18-13-2-1-3-14(11-13)20-17(21)19-7-6-12-4-5-15-16(10-12)23-9-8-22-15/h1-5,10-11H,6-9H2,(H2,19,20,21). The molecule has 0 bridgehead atoms. The predicted molar refractivity (Wildman–Crippen MR) is 84.6 cm³/mol. The molecule has 0 unspecified atom stereocenters. The van der Waals surface area contributed by atoms with Gasteiger partial charge in [-0.25, -0.2) is 9.18 Å². The van der Waals surface area contributed by atoms with Crippen LogP contribution in [0.2, 0.25) is 0 Å². The fourth-order valence-electron chi connectivity index (χ4n) is 2.31. The van der Waals surface area contributed by atoms with E-state index in [0.717, 1.165) is 17.1 Å². The minimum absolute atomic E-state index is 0.367. The average molecular weight is 316 g/mol. The van der Waals surface area contributed by atoms with Gasteiger partial charge in [-0.1, -0.05) is 12.1 Å². The number of amides is 2. The topological polar surface area (TPSA) is 59.6 Å². The predicted octanol–water partition coefficient (Wildman–Crippen LogP) is 2.96. The zero-order chi connectivity index (χ0) is 16.1. The largest absolute Gasteiger partial charge is 0.486 e. The first kappa shape index (κ1) is 15.1. The lowest BCUT2D eigenvalue weighted by Crippen LogP contribution is -2.30. The molecule has 2 aromatic rings. The molecule has 0 aliphatic carbocycles. The lowest BCUT2D eigenvalue weighted by atomic mass is 10.1. The number of urea groups is 1. The molecule has 0 aromatic heterocycles. The van der Waals surface area contributed by atoms with Crippen molar-refractivity contribution in [3.63, 3.8) is 0 Å². The second-order valence-corrected chi connectivity index (χ2v) is 5.12. The molecule has 2 N–H and O–H groups in total. The van der Waals surface area contributed by atoms with E-state index >= 15 is 0 Å². The van der Waals surface area contributed by atoms with Crippen LogP contribution in [0.3, 0.4) is 0 Å². The summed E-state index contributed by atoms with van der Waals surface area (Å²) in [7, 11) is 0. The van der Waals surface area contributed by atoms with Crippen molar-refractivity contribution in [3.05, 3.63) is 53.8 Å². The zero-order valence-corrected chi connectivity index (χ0v) is 12.5. The summed E-state index contributed by atoms with van der Waals surface area (Å²) >= 11 is 0. The Balaban J connectivity index is 1.48. The highest BCUT2D eigenvalue weighted by molar-refractivity contribution is 5.89. The van der Waals surface area contributed by atoms with Gasteiger partial charge in [0.05, 0.1) is 0 Å². The van der Waals surface area contributed by atoms with Crippen molar-refractivity contribution in [1.82, 2.24) is 5.32 Å². The van der Waals surface area contributed by atoms with Crippen molar-refractivity contribution in [1.29, 1.82) is 0 Å². The van der Waals surface area contributed by atoms with E-state index in [2.05, 4.69) is 10.6 Å². The summed E-state index contributed by atoms with van der Waals surface area (Å²) in [5, 5.41) is 5.32. The van der Waals surface area contributed by atoms with Gasteiger partial charge in [0.15, 0.2) is 11.5 Å². The maximum atomic E-state index is 13.0. The average Bonchev–Trinajstić information content (AvgIpc) is 2.55. The SMILES string of the molecule is O=C(NCCc1ccc2c(c1)OCCO2)Nc1cccc(F)c1. The smallest absolute Gasteiger partial charge is 0.319 e. The normalized spacial score (nSPS) is 12.6. The number of anilines is 1. The van der Waals surface area contributed by atoms with Crippen LogP contribution in [0, 0.1) is 5.82 Å². The Labute approximate surface area is 133 Å². The van der Waals surface area contributed by atoms with Crippen LogP contribution < -0.4 is 20.1 Å². The van der Waals surface area contributed by atoms with Crippen LogP contribution in [0.15, 0.2) is 42.5 Å². The van der Waals surface area contributed by atoms with Gasteiger partial charge < -0.3 is 20.1 Å². The van der Waals surface area contributed by atoms with Crippen LogP contribution in [0.4, 0.5) is 14.9 Å². The van der Waals surface area contributed by atoms with E-state index in [0.29, 0.717) is 31.9 Å². The molecule has 2 amide bonds. The molecule has 120 valence electrons. The third-order valence-corrected chi connectivity index (χ3v) is 3.39. The molecule has 0 fully saturated rings. The van der Waals surface area contributed by atoms with Gasteiger partial charge in [0.1, 0.15) is 19.0 Å². The first-order chi connectivity index (χ1) is 11.2. The molecule has 3 rings (SSSR count). The second kappa shape index (κ2) is 7.00. The molecule has 5 nitrogen and oxygen atoms in total. The minimum Gasteiger partial charge on any atom is -0.486 e. The molecule has 1 heterocycles. The molecule has 2 aromatic carbocycles.